The minimum Gasteiger partial charge on any atom is -0.497 e. The van der Waals surface area contributed by atoms with Crippen LogP contribution in [0.1, 0.15) is 24.0 Å². The summed E-state index contributed by atoms with van der Waals surface area (Å²) in [6.45, 7) is 1.04. The molecule has 2 aromatic rings. The van der Waals surface area contributed by atoms with Crippen molar-refractivity contribution in [2.45, 2.75) is 31.3 Å². The Morgan fingerprint density at radius 1 is 1.10 bits per heavy atom. The summed E-state index contributed by atoms with van der Waals surface area (Å²) in [6, 6.07) is 14.1. The van der Waals surface area contributed by atoms with Gasteiger partial charge in [-0.3, -0.25) is 14.5 Å². The van der Waals surface area contributed by atoms with E-state index in [9.17, 15) is 14.4 Å². The van der Waals surface area contributed by atoms with E-state index in [1.54, 1.807) is 36.3 Å². The van der Waals surface area contributed by atoms with Crippen LogP contribution >= 0.6 is 11.6 Å². The van der Waals surface area contributed by atoms with Gasteiger partial charge in [0.05, 0.1) is 20.1 Å². The molecule has 0 unspecified atom stereocenters. The van der Waals surface area contributed by atoms with Crippen molar-refractivity contribution in [1.29, 1.82) is 0 Å². The summed E-state index contributed by atoms with van der Waals surface area (Å²) in [6.07, 6.45) is 1.07. The number of urea groups is 1. The zero-order valence-corrected chi connectivity index (χ0v) is 18.0. The van der Waals surface area contributed by atoms with Crippen molar-refractivity contribution in [3.8, 4) is 5.75 Å². The maximum atomic E-state index is 13.1. The molecule has 0 saturated carbocycles. The van der Waals surface area contributed by atoms with E-state index in [4.69, 9.17) is 16.3 Å². The van der Waals surface area contributed by atoms with Crippen LogP contribution in [0.3, 0.4) is 0 Å². The number of halogens is 1. The molecule has 162 valence electrons. The van der Waals surface area contributed by atoms with E-state index in [2.05, 4.69) is 5.32 Å². The number of methoxy groups -OCH3 is 1. The van der Waals surface area contributed by atoms with Crippen LogP contribution in [0.2, 0.25) is 5.02 Å². The Morgan fingerprint density at radius 3 is 2.48 bits per heavy atom. The van der Waals surface area contributed by atoms with Gasteiger partial charge in [0.25, 0.3) is 5.91 Å². The lowest BCUT2D eigenvalue weighted by Gasteiger charge is -2.37. The number of rotatable bonds is 5. The molecule has 2 saturated heterocycles. The van der Waals surface area contributed by atoms with Crippen LogP contribution < -0.4 is 10.1 Å². The number of amides is 4. The maximum Gasteiger partial charge on any atom is 0.325 e. The fraction of sp³-hybridized carbons (Fsp3) is 0.348. The number of hydrogen-bond acceptors (Lipinski definition) is 4. The molecular weight excluding hydrogens is 418 g/mol. The molecule has 0 aliphatic carbocycles. The standard InChI is InChI=1S/C23H24ClN3O4/c1-31-19-4-2-3-17(13-19)14-20(28)26-11-9-23(10-12-26)21(29)27(22(30)25-23)15-16-5-7-18(24)8-6-16/h2-8,13H,9-12,14-15H2,1H3,(H,25,30). The minimum absolute atomic E-state index is 0.00195. The lowest BCUT2D eigenvalue weighted by molar-refractivity contribution is -0.138. The van der Waals surface area contributed by atoms with Gasteiger partial charge in [0, 0.05) is 18.1 Å². The van der Waals surface area contributed by atoms with Crippen LogP contribution in [-0.2, 0) is 22.6 Å². The van der Waals surface area contributed by atoms with Crippen LogP contribution in [0, 0.1) is 0 Å². The number of hydrogen-bond donors (Lipinski definition) is 1. The number of benzene rings is 2. The van der Waals surface area contributed by atoms with E-state index in [1.807, 2.05) is 24.3 Å². The molecule has 0 bridgehead atoms. The highest BCUT2D eigenvalue weighted by atomic mass is 35.5. The quantitative estimate of drug-likeness (QED) is 0.723. The van der Waals surface area contributed by atoms with Gasteiger partial charge in [-0.15, -0.1) is 0 Å². The molecule has 0 radical (unpaired) electrons. The molecule has 2 aliphatic rings. The zero-order valence-electron chi connectivity index (χ0n) is 17.3. The Kier molecular flexibility index (Phi) is 5.87. The van der Waals surface area contributed by atoms with Crippen LogP contribution in [0.5, 0.6) is 5.75 Å². The van der Waals surface area contributed by atoms with Gasteiger partial charge in [-0.1, -0.05) is 35.9 Å². The summed E-state index contributed by atoms with van der Waals surface area (Å²) in [5.41, 5.74) is 0.774. The predicted molar refractivity (Wildman–Crippen MR) is 116 cm³/mol. The molecule has 1 spiro atoms. The second-order valence-electron chi connectivity index (χ2n) is 7.94. The Bertz CT molecular complexity index is 1000. The summed E-state index contributed by atoms with van der Waals surface area (Å²) in [4.78, 5) is 41.4. The van der Waals surface area contributed by atoms with Crippen molar-refractivity contribution < 1.29 is 19.1 Å². The average molecular weight is 442 g/mol. The van der Waals surface area contributed by atoms with Crippen molar-refractivity contribution in [3.63, 3.8) is 0 Å². The first-order chi connectivity index (χ1) is 14.9. The van der Waals surface area contributed by atoms with E-state index in [0.717, 1.165) is 11.1 Å². The number of carbonyl (C=O) groups excluding carboxylic acids is 3. The topological polar surface area (TPSA) is 79.0 Å². The van der Waals surface area contributed by atoms with E-state index in [-0.39, 0.29) is 24.8 Å². The van der Waals surface area contributed by atoms with Crippen LogP contribution in [-0.4, -0.2) is 53.4 Å². The predicted octanol–water partition coefficient (Wildman–Crippen LogP) is 3.00. The van der Waals surface area contributed by atoms with Crippen LogP contribution in [0.15, 0.2) is 48.5 Å². The fourth-order valence-corrected chi connectivity index (χ4v) is 4.26. The second-order valence-corrected chi connectivity index (χ2v) is 8.38. The molecule has 31 heavy (non-hydrogen) atoms. The normalized spacial score (nSPS) is 17.7. The van der Waals surface area contributed by atoms with Crippen molar-refractivity contribution >= 4 is 29.4 Å². The molecule has 2 aromatic carbocycles. The van der Waals surface area contributed by atoms with Crippen molar-refractivity contribution in [1.82, 2.24) is 15.1 Å². The van der Waals surface area contributed by atoms with Gasteiger partial charge in [0.1, 0.15) is 11.3 Å². The molecule has 2 fully saturated rings. The van der Waals surface area contributed by atoms with Gasteiger partial charge in [0.2, 0.25) is 5.91 Å². The molecular formula is C23H24ClN3O4. The number of piperidine rings is 1. The molecule has 4 rings (SSSR count). The van der Waals surface area contributed by atoms with E-state index >= 15 is 0 Å². The number of nitrogens with zero attached hydrogens (tertiary/aromatic N) is 2. The van der Waals surface area contributed by atoms with E-state index in [0.29, 0.717) is 36.7 Å². The third-order valence-electron chi connectivity index (χ3n) is 5.96. The number of imide groups is 1. The first kappa shape index (κ1) is 21.2. The van der Waals surface area contributed by atoms with Gasteiger partial charge < -0.3 is 15.0 Å². The molecule has 8 heteroatoms. The molecule has 7 nitrogen and oxygen atoms in total. The van der Waals surface area contributed by atoms with Crippen LogP contribution in [0.25, 0.3) is 0 Å². The molecule has 4 amide bonds. The van der Waals surface area contributed by atoms with Crippen molar-refractivity contribution in [3.05, 3.63) is 64.7 Å². The molecule has 0 atom stereocenters. The fourth-order valence-electron chi connectivity index (χ4n) is 4.14. The molecule has 1 N–H and O–H groups in total. The number of carbonyl (C=O) groups is 3. The minimum atomic E-state index is -0.934. The Hall–Kier alpha value is -3.06. The van der Waals surface area contributed by atoms with Gasteiger partial charge in [0.15, 0.2) is 0 Å². The highest BCUT2D eigenvalue weighted by molar-refractivity contribution is 6.30. The van der Waals surface area contributed by atoms with E-state index in [1.165, 1.54) is 4.90 Å². The van der Waals surface area contributed by atoms with Gasteiger partial charge >= 0.3 is 6.03 Å². The summed E-state index contributed by atoms with van der Waals surface area (Å²) in [7, 11) is 1.59. The summed E-state index contributed by atoms with van der Waals surface area (Å²) in [5, 5.41) is 3.48. The van der Waals surface area contributed by atoms with Crippen molar-refractivity contribution in [2.75, 3.05) is 20.2 Å². The maximum absolute atomic E-state index is 13.1. The van der Waals surface area contributed by atoms with Gasteiger partial charge in [-0.2, -0.15) is 0 Å². The SMILES string of the molecule is COc1cccc(CC(=O)N2CCC3(CC2)NC(=O)N(Cc2ccc(Cl)cc2)C3=O)c1. The molecule has 0 aromatic heterocycles. The van der Waals surface area contributed by atoms with E-state index < -0.39 is 11.6 Å². The summed E-state index contributed by atoms with van der Waals surface area (Å²) < 4.78 is 5.21. The third kappa shape index (κ3) is 4.37. The highest BCUT2D eigenvalue weighted by Crippen LogP contribution is 2.31. The number of nitrogens with one attached hydrogen (secondary N) is 1. The lowest BCUT2D eigenvalue weighted by atomic mass is 9.87. The third-order valence-corrected chi connectivity index (χ3v) is 6.21. The van der Waals surface area contributed by atoms with Gasteiger partial charge in [-0.25, -0.2) is 4.79 Å². The Balaban J connectivity index is 1.37. The van der Waals surface area contributed by atoms with Gasteiger partial charge in [-0.05, 0) is 48.2 Å². The van der Waals surface area contributed by atoms with Crippen molar-refractivity contribution in [2.24, 2.45) is 0 Å². The molecule has 2 heterocycles. The summed E-state index contributed by atoms with van der Waals surface area (Å²) >= 11 is 5.91. The average Bonchev–Trinajstić information content (AvgIpc) is 2.99. The first-order valence-electron chi connectivity index (χ1n) is 10.2. The summed E-state index contributed by atoms with van der Waals surface area (Å²) in [5.74, 6) is 0.480. The smallest absolute Gasteiger partial charge is 0.325 e. The van der Waals surface area contributed by atoms with Crippen LogP contribution in [0.4, 0.5) is 4.79 Å². The molecule has 2 aliphatic heterocycles. The number of likely N-dealkylation sites (tertiary alicyclic amines) is 1. The largest absolute Gasteiger partial charge is 0.497 e. The second kappa shape index (κ2) is 8.59. The first-order valence-corrected chi connectivity index (χ1v) is 10.6. The zero-order chi connectivity index (χ0) is 22.0. The Morgan fingerprint density at radius 2 is 1.81 bits per heavy atom. The Labute approximate surface area is 185 Å². The highest BCUT2D eigenvalue weighted by Gasteiger charge is 2.52. The monoisotopic (exact) mass is 441 g/mol. The number of ether oxygens (including phenoxy) is 1. The lowest BCUT2D eigenvalue weighted by Crippen LogP contribution is -2.56.